The number of carbonyl (C=O) groups is 2. The normalized spacial score (nSPS) is 10.7. The van der Waals surface area contributed by atoms with Crippen LogP contribution in [0.15, 0.2) is 77.4 Å². The van der Waals surface area contributed by atoms with E-state index in [0.717, 1.165) is 11.3 Å². The van der Waals surface area contributed by atoms with E-state index in [-0.39, 0.29) is 12.3 Å². The predicted molar refractivity (Wildman–Crippen MR) is 121 cm³/mol. The van der Waals surface area contributed by atoms with Gasteiger partial charge in [0, 0.05) is 11.8 Å². The van der Waals surface area contributed by atoms with E-state index in [1.165, 1.54) is 0 Å². The number of aryl methyl sites for hydroxylation is 1. The zero-order chi connectivity index (χ0) is 22.3. The minimum atomic E-state index is -0.431. The van der Waals surface area contributed by atoms with Crippen LogP contribution >= 0.6 is 0 Å². The van der Waals surface area contributed by atoms with Gasteiger partial charge in [0.25, 0.3) is 5.91 Å². The molecule has 0 saturated carbocycles. The molecule has 2 heterocycles. The second-order valence-electron chi connectivity index (χ2n) is 7.09. The minimum Gasteiger partial charge on any atom is -0.494 e. The summed E-state index contributed by atoms with van der Waals surface area (Å²) in [4.78, 5) is 29.8. The van der Waals surface area contributed by atoms with Gasteiger partial charge in [-0.3, -0.25) is 20.4 Å². The number of hydrogen-bond acceptors (Lipinski definition) is 5. The van der Waals surface area contributed by atoms with Gasteiger partial charge in [-0.15, -0.1) is 0 Å². The van der Waals surface area contributed by atoms with Gasteiger partial charge in [0.1, 0.15) is 11.4 Å². The molecule has 0 saturated heterocycles. The Morgan fingerprint density at radius 3 is 2.62 bits per heavy atom. The average molecular weight is 429 g/mol. The average Bonchev–Trinajstić information content (AvgIpc) is 3.36. The first-order chi connectivity index (χ1) is 15.7. The molecule has 0 aliphatic carbocycles. The van der Waals surface area contributed by atoms with E-state index < -0.39 is 5.91 Å². The zero-order valence-corrected chi connectivity index (χ0v) is 17.6. The van der Waals surface area contributed by atoms with E-state index in [1.54, 1.807) is 24.5 Å². The van der Waals surface area contributed by atoms with E-state index in [4.69, 9.17) is 9.15 Å². The maximum absolute atomic E-state index is 12.9. The Labute approximate surface area is 185 Å². The van der Waals surface area contributed by atoms with E-state index in [9.17, 15) is 9.59 Å². The third kappa shape index (κ3) is 4.78. The topological polar surface area (TPSA) is 93.5 Å². The molecule has 0 aliphatic rings. The lowest BCUT2D eigenvalue weighted by molar-refractivity contribution is -0.121. The molecule has 2 N–H and O–H groups in total. The van der Waals surface area contributed by atoms with Crippen molar-refractivity contribution in [2.75, 3.05) is 6.61 Å². The number of carbonyl (C=O) groups excluding carboxylic acids is 2. The molecule has 0 radical (unpaired) electrons. The van der Waals surface area contributed by atoms with Crippen molar-refractivity contribution < 1.29 is 18.7 Å². The Morgan fingerprint density at radius 1 is 1.00 bits per heavy atom. The maximum Gasteiger partial charge on any atom is 0.270 e. The van der Waals surface area contributed by atoms with E-state index >= 15 is 0 Å². The molecule has 0 spiro atoms. The Hall–Kier alpha value is -4.13. The first kappa shape index (κ1) is 21.1. The van der Waals surface area contributed by atoms with Gasteiger partial charge in [0.05, 0.1) is 24.0 Å². The Bertz CT molecular complexity index is 1240. The van der Waals surface area contributed by atoms with E-state index in [1.807, 2.05) is 55.5 Å². The number of furan rings is 1. The molecule has 32 heavy (non-hydrogen) atoms. The molecule has 2 aromatic carbocycles. The fourth-order valence-electron chi connectivity index (χ4n) is 3.42. The Morgan fingerprint density at radius 2 is 1.81 bits per heavy atom. The number of fused-ring (bicyclic) bond motifs is 1. The molecule has 162 valence electrons. The number of aromatic nitrogens is 1. The van der Waals surface area contributed by atoms with Gasteiger partial charge in [0.15, 0.2) is 5.76 Å². The maximum atomic E-state index is 12.9. The summed E-state index contributed by atoms with van der Waals surface area (Å²) in [5.41, 5.74) is 7.54. The molecule has 0 atom stereocenters. The van der Waals surface area contributed by atoms with Crippen LogP contribution in [0.5, 0.6) is 5.75 Å². The van der Waals surface area contributed by atoms with Crippen LogP contribution in [0.2, 0.25) is 0 Å². The van der Waals surface area contributed by atoms with Gasteiger partial charge in [-0.2, -0.15) is 0 Å². The summed E-state index contributed by atoms with van der Waals surface area (Å²) in [6.07, 6.45) is 2.26. The predicted octanol–water partition coefficient (Wildman–Crippen LogP) is 4.29. The molecule has 0 fully saturated rings. The summed E-state index contributed by atoms with van der Waals surface area (Å²) >= 11 is 0. The smallest absolute Gasteiger partial charge is 0.270 e. The van der Waals surface area contributed by atoms with Crippen molar-refractivity contribution in [2.45, 2.75) is 19.8 Å². The molecule has 0 aliphatic heterocycles. The highest BCUT2D eigenvalue weighted by Gasteiger charge is 2.16. The highest BCUT2D eigenvalue weighted by molar-refractivity contribution is 6.07. The van der Waals surface area contributed by atoms with Gasteiger partial charge >= 0.3 is 0 Å². The molecular weight excluding hydrogens is 406 g/mol. The van der Waals surface area contributed by atoms with Gasteiger partial charge in [0.2, 0.25) is 5.91 Å². The number of amides is 2. The second kappa shape index (κ2) is 9.78. The van der Waals surface area contributed by atoms with Crippen LogP contribution < -0.4 is 15.6 Å². The van der Waals surface area contributed by atoms with Crippen molar-refractivity contribution in [3.63, 3.8) is 0 Å². The molecule has 7 heteroatoms. The monoisotopic (exact) mass is 429 g/mol. The largest absolute Gasteiger partial charge is 0.494 e. The summed E-state index contributed by atoms with van der Waals surface area (Å²) in [5, 5.41) is 0.681. The highest BCUT2D eigenvalue weighted by Crippen LogP contribution is 2.25. The van der Waals surface area contributed by atoms with Gasteiger partial charge in [-0.05, 0) is 49.2 Å². The number of para-hydroxylation sites is 2. The number of nitrogens with one attached hydrogen (secondary N) is 2. The first-order valence-electron chi connectivity index (χ1n) is 10.4. The van der Waals surface area contributed by atoms with Crippen molar-refractivity contribution >= 4 is 22.7 Å². The molecular formula is C25H23N3O4. The summed E-state index contributed by atoms with van der Waals surface area (Å²) in [7, 11) is 0. The third-order valence-electron chi connectivity index (χ3n) is 4.94. The summed E-state index contributed by atoms with van der Waals surface area (Å²) in [5.74, 6) is 0.594. The van der Waals surface area contributed by atoms with Crippen LogP contribution in [0.1, 0.15) is 29.3 Å². The molecule has 2 amide bonds. The molecule has 7 nitrogen and oxygen atoms in total. The molecule has 0 bridgehead atoms. The number of nitrogens with zero attached hydrogens (tertiary/aromatic N) is 1. The van der Waals surface area contributed by atoms with Crippen molar-refractivity contribution in [3.8, 4) is 17.2 Å². The van der Waals surface area contributed by atoms with Crippen LogP contribution in [0.3, 0.4) is 0 Å². The fraction of sp³-hybridized carbons (Fsp3) is 0.160. The van der Waals surface area contributed by atoms with Crippen molar-refractivity contribution in [1.82, 2.24) is 15.8 Å². The standard InChI is InChI=1S/C25H23N3O4/c1-2-31-22-11-6-3-8-17(22)13-14-24(29)27-28-25(30)19-16-21(23-12-7-15-32-23)26-20-10-5-4-9-18(19)20/h3-12,15-16H,2,13-14H2,1H3,(H,27,29)(H,28,30). The number of rotatable bonds is 7. The number of pyridine rings is 1. The quantitative estimate of drug-likeness (QED) is 0.428. The van der Waals surface area contributed by atoms with Crippen LogP contribution in [0, 0.1) is 0 Å². The number of ether oxygens (including phenoxy) is 1. The zero-order valence-electron chi connectivity index (χ0n) is 17.6. The summed E-state index contributed by atoms with van der Waals surface area (Å²) in [6, 6.07) is 20.1. The van der Waals surface area contributed by atoms with Gasteiger partial charge < -0.3 is 9.15 Å². The Balaban J connectivity index is 1.44. The van der Waals surface area contributed by atoms with Crippen molar-refractivity contribution in [1.29, 1.82) is 0 Å². The Kier molecular flexibility index (Phi) is 6.46. The lowest BCUT2D eigenvalue weighted by Crippen LogP contribution is -2.41. The van der Waals surface area contributed by atoms with Gasteiger partial charge in [-0.1, -0.05) is 36.4 Å². The van der Waals surface area contributed by atoms with Crippen LogP contribution in [-0.4, -0.2) is 23.4 Å². The van der Waals surface area contributed by atoms with Gasteiger partial charge in [-0.25, -0.2) is 4.98 Å². The lowest BCUT2D eigenvalue weighted by Gasteiger charge is -2.12. The van der Waals surface area contributed by atoms with Crippen LogP contribution in [0.4, 0.5) is 0 Å². The lowest BCUT2D eigenvalue weighted by atomic mass is 10.1. The summed E-state index contributed by atoms with van der Waals surface area (Å²) < 4.78 is 11.0. The minimum absolute atomic E-state index is 0.207. The van der Waals surface area contributed by atoms with Crippen LogP contribution in [0.25, 0.3) is 22.4 Å². The summed E-state index contributed by atoms with van der Waals surface area (Å²) in [6.45, 7) is 2.47. The second-order valence-corrected chi connectivity index (χ2v) is 7.09. The molecule has 4 aromatic rings. The number of benzene rings is 2. The van der Waals surface area contributed by atoms with E-state index in [0.29, 0.717) is 40.9 Å². The number of hydrogen-bond donors (Lipinski definition) is 2. The third-order valence-corrected chi connectivity index (χ3v) is 4.94. The SMILES string of the molecule is CCOc1ccccc1CCC(=O)NNC(=O)c1cc(-c2ccco2)nc2ccccc12. The van der Waals surface area contributed by atoms with E-state index in [2.05, 4.69) is 15.8 Å². The van der Waals surface area contributed by atoms with Crippen molar-refractivity contribution in [2.24, 2.45) is 0 Å². The fourth-order valence-corrected chi connectivity index (χ4v) is 3.42. The van der Waals surface area contributed by atoms with Crippen LogP contribution in [-0.2, 0) is 11.2 Å². The number of hydrazine groups is 1. The molecule has 2 aromatic heterocycles. The molecule has 4 rings (SSSR count). The molecule has 0 unspecified atom stereocenters. The highest BCUT2D eigenvalue weighted by atomic mass is 16.5. The first-order valence-corrected chi connectivity index (χ1v) is 10.4. The van der Waals surface area contributed by atoms with Crippen molar-refractivity contribution in [3.05, 3.63) is 84.1 Å².